The third-order valence-electron chi connectivity index (χ3n) is 4.67. The Hall–Kier alpha value is -3.20. The first kappa shape index (κ1) is 17.2. The Kier molecular flexibility index (Phi) is 4.36. The molecule has 0 bridgehead atoms. The molecule has 3 aromatic carbocycles. The van der Waals surface area contributed by atoms with Crippen LogP contribution in [0, 0.1) is 0 Å². The van der Waals surface area contributed by atoms with Gasteiger partial charge in [-0.2, -0.15) is 0 Å². The third kappa shape index (κ3) is 3.54. The van der Waals surface area contributed by atoms with Gasteiger partial charge < -0.3 is 4.42 Å². The average Bonchev–Trinajstić information content (AvgIpc) is 3.18. The summed E-state index contributed by atoms with van der Waals surface area (Å²) in [5, 5.41) is 8.58. The summed E-state index contributed by atoms with van der Waals surface area (Å²) in [6.45, 7) is 6.61. The van der Waals surface area contributed by atoms with E-state index in [9.17, 15) is 0 Å². The van der Waals surface area contributed by atoms with E-state index in [1.165, 1.54) is 5.56 Å². The van der Waals surface area contributed by atoms with Gasteiger partial charge in [0.15, 0.2) is 0 Å². The topological polar surface area (TPSA) is 38.9 Å². The van der Waals surface area contributed by atoms with Crippen molar-refractivity contribution in [2.24, 2.45) is 0 Å². The summed E-state index contributed by atoms with van der Waals surface area (Å²) in [4.78, 5) is 0. The molecule has 0 amide bonds. The van der Waals surface area contributed by atoms with Gasteiger partial charge in [0.2, 0.25) is 11.8 Å². The Labute approximate surface area is 159 Å². The maximum absolute atomic E-state index is 6.02. The quantitative estimate of drug-likeness (QED) is 0.429. The number of hydrogen-bond acceptors (Lipinski definition) is 3. The molecule has 3 nitrogen and oxygen atoms in total. The zero-order valence-electron chi connectivity index (χ0n) is 15.8. The SMILES string of the molecule is CC(C)(C)c1ccc(-c2nnc(-c3ccccc3-c3ccccc3)o2)cc1. The monoisotopic (exact) mass is 354 g/mol. The Morgan fingerprint density at radius 2 is 1.19 bits per heavy atom. The van der Waals surface area contributed by atoms with Crippen LogP contribution in [0.15, 0.2) is 83.3 Å². The highest BCUT2D eigenvalue weighted by Gasteiger charge is 2.16. The highest BCUT2D eigenvalue weighted by atomic mass is 16.4. The van der Waals surface area contributed by atoms with Crippen LogP contribution in [0.25, 0.3) is 34.0 Å². The second kappa shape index (κ2) is 6.84. The normalized spacial score (nSPS) is 11.5. The Morgan fingerprint density at radius 3 is 1.85 bits per heavy atom. The number of aromatic nitrogens is 2. The minimum absolute atomic E-state index is 0.118. The van der Waals surface area contributed by atoms with Crippen molar-refractivity contribution in [3.8, 4) is 34.0 Å². The lowest BCUT2D eigenvalue weighted by atomic mass is 9.87. The van der Waals surface area contributed by atoms with Crippen molar-refractivity contribution in [3.05, 3.63) is 84.4 Å². The number of rotatable bonds is 3. The molecule has 0 spiro atoms. The van der Waals surface area contributed by atoms with Crippen molar-refractivity contribution in [3.63, 3.8) is 0 Å². The summed E-state index contributed by atoms with van der Waals surface area (Å²) in [6, 6.07) is 26.7. The lowest BCUT2D eigenvalue weighted by molar-refractivity contribution is 0.582. The number of hydrogen-bond donors (Lipinski definition) is 0. The largest absolute Gasteiger partial charge is 0.416 e. The predicted octanol–water partition coefficient (Wildman–Crippen LogP) is 6.37. The van der Waals surface area contributed by atoms with Gasteiger partial charge in [-0.15, -0.1) is 10.2 Å². The van der Waals surface area contributed by atoms with Gasteiger partial charge in [0.25, 0.3) is 0 Å². The van der Waals surface area contributed by atoms with Crippen molar-refractivity contribution >= 4 is 0 Å². The Bertz CT molecular complexity index is 1040. The first-order valence-corrected chi connectivity index (χ1v) is 9.11. The smallest absolute Gasteiger partial charge is 0.248 e. The molecule has 0 aliphatic rings. The van der Waals surface area contributed by atoms with Crippen LogP contribution in [0.4, 0.5) is 0 Å². The van der Waals surface area contributed by atoms with E-state index in [1.807, 2.05) is 48.5 Å². The molecule has 4 rings (SSSR count). The van der Waals surface area contributed by atoms with Gasteiger partial charge in [-0.1, -0.05) is 81.4 Å². The lowest BCUT2D eigenvalue weighted by Crippen LogP contribution is -2.10. The molecule has 0 N–H and O–H groups in total. The first-order valence-electron chi connectivity index (χ1n) is 9.11. The average molecular weight is 354 g/mol. The van der Waals surface area contributed by atoms with Gasteiger partial charge in [0.05, 0.1) is 0 Å². The van der Waals surface area contributed by atoms with Crippen LogP contribution >= 0.6 is 0 Å². The zero-order valence-corrected chi connectivity index (χ0v) is 15.8. The van der Waals surface area contributed by atoms with Gasteiger partial charge in [-0.25, -0.2) is 0 Å². The predicted molar refractivity (Wildman–Crippen MR) is 109 cm³/mol. The molecule has 27 heavy (non-hydrogen) atoms. The molecule has 3 heteroatoms. The molecule has 0 aliphatic heterocycles. The summed E-state index contributed by atoms with van der Waals surface area (Å²) in [7, 11) is 0. The van der Waals surface area contributed by atoms with E-state index in [0.29, 0.717) is 11.8 Å². The van der Waals surface area contributed by atoms with E-state index in [1.54, 1.807) is 0 Å². The zero-order chi connectivity index (χ0) is 18.9. The summed E-state index contributed by atoms with van der Waals surface area (Å²) in [5.41, 5.74) is 5.47. The molecule has 0 fully saturated rings. The highest BCUT2D eigenvalue weighted by Crippen LogP contribution is 2.33. The molecule has 1 aromatic heterocycles. The Morgan fingerprint density at radius 1 is 0.593 bits per heavy atom. The van der Waals surface area contributed by atoms with E-state index >= 15 is 0 Å². The van der Waals surface area contributed by atoms with Crippen LogP contribution in [0.3, 0.4) is 0 Å². The molecule has 0 atom stereocenters. The molecule has 0 saturated carbocycles. The number of benzene rings is 3. The molecular formula is C24H22N2O. The highest BCUT2D eigenvalue weighted by molar-refractivity contribution is 5.80. The van der Waals surface area contributed by atoms with Crippen molar-refractivity contribution in [1.82, 2.24) is 10.2 Å². The van der Waals surface area contributed by atoms with Gasteiger partial charge in [0, 0.05) is 11.1 Å². The van der Waals surface area contributed by atoms with Gasteiger partial charge >= 0.3 is 0 Å². The summed E-state index contributed by atoms with van der Waals surface area (Å²) in [5.74, 6) is 1.07. The van der Waals surface area contributed by atoms with Crippen LogP contribution in [0.5, 0.6) is 0 Å². The van der Waals surface area contributed by atoms with Crippen molar-refractivity contribution < 1.29 is 4.42 Å². The van der Waals surface area contributed by atoms with E-state index in [2.05, 4.69) is 61.3 Å². The number of nitrogens with zero attached hydrogens (tertiary/aromatic N) is 2. The molecule has 0 unspecified atom stereocenters. The minimum atomic E-state index is 0.118. The standard InChI is InChI=1S/C24H22N2O/c1-24(2,3)19-15-13-18(14-16-19)22-25-26-23(27-22)21-12-8-7-11-20(21)17-9-5-4-6-10-17/h4-16H,1-3H3. The summed E-state index contributed by atoms with van der Waals surface area (Å²) in [6.07, 6.45) is 0. The van der Waals surface area contributed by atoms with E-state index in [0.717, 1.165) is 22.3 Å². The molecule has 0 saturated heterocycles. The van der Waals surface area contributed by atoms with Crippen molar-refractivity contribution in [2.45, 2.75) is 26.2 Å². The van der Waals surface area contributed by atoms with Crippen LogP contribution in [0.1, 0.15) is 26.3 Å². The minimum Gasteiger partial charge on any atom is -0.416 e. The maximum Gasteiger partial charge on any atom is 0.248 e. The molecule has 0 aliphatic carbocycles. The second-order valence-electron chi connectivity index (χ2n) is 7.65. The maximum atomic E-state index is 6.02. The molecule has 1 heterocycles. The Balaban J connectivity index is 1.70. The van der Waals surface area contributed by atoms with Gasteiger partial charge in [0.1, 0.15) is 0 Å². The lowest BCUT2D eigenvalue weighted by Gasteiger charge is -2.18. The van der Waals surface area contributed by atoms with E-state index in [-0.39, 0.29) is 5.41 Å². The molecule has 4 aromatic rings. The van der Waals surface area contributed by atoms with Crippen LogP contribution in [-0.2, 0) is 5.41 Å². The van der Waals surface area contributed by atoms with Crippen molar-refractivity contribution in [1.29, 1.82) is 0 Å². The first-order chi connectivity index (χ1) is 13.0. The molecule has 134 valence electrons. The van der Waals surface area contributed by atoms with Crippen LogP contribution in [0.2, 0.25) is 0 Å². The fourth-order valence-corrected chi connectivity index (χ4v) is 3.10. The van der Waals surface area contributed by atoms with Crippen LogP contribution in [-0.4, -0.2) is 10.2 Å². The fraction of sp³-hybridized carbons (Fsp3) is 0.167. The third-order valence-corrected chi connectivity index (χ3v) is 4.67. The van der Waals surface area contributed by atoms with Crippen molar-refractivity contribution in [2.75, 3.05) is 0 Å². The molecular weight excluding hydrogens is 332 g/mol. The van der Waals surface area contributed by atoms with E-state index < -0.39 is 0 Å². The molecule has 0 radical (unpaired) electrons. The summed E-state index contributed by atoms with van der Waals surface area (Å²) >= 11 is 0. The van der Waals surface area contributed by atoms with Gasteiger partial charge in [-0.3, -0.25) is 0 Å². The fourth-order valence-electron chi connectivity index (χ4n) is 3.10. The second-order valence-corrected chi connectivity index (χ2v) is 7.65. The summed E-state index contributed by atoms with van der Waals surface area (Å²) < 4.78 is 6.02. The van der Waals surface area contributed by atoms with Gasteiger partial charge in [-0.05, 0) is 40.3 Å². The van der Waals surface area contributed by atoms with Crippen LogP contribution < -0.4 is 0 Å². The van der Waals surface area contributed by atoms with E-state index in [4.69, 9.17) is 4.42 Å².